The lowest BCUT2D eigenvalue weighted by Gasteiger charge is -2.15. The number of benzene rings is 1. The fourth-order valence-corrected chi connectivity index (χ4v) is 1.81. The summed E-state index contributed by atoms with van der Waals surface area (Å²) in [4.78, 5) is 10.9. The Kier molecular flexibility index (Phi) is 4.62. The highest BCUT2D eigenvalue weighted by Crippen LogP contribution is 2.32. The van der Waals surface area contributed by atoms with Gasteiger partial charge in [-0.05, 0) is 35.7 Å². The van der Waals surface area contributed by atoms with Crippen molar-refractivity contribution < 1.29 is 14.3 Å². The topological polar surface area (TPSA) is 35.5 Å². The molecule has 0 aromatic heterocycles. The molecule has 1 aromatic carbocycles. The van der Waals surface area contributed by atoms with E-state index in [2.05, 4.69) is 0 Å². The standard InChI is InChI=1S/C12H15ClO3/c1-8(6-12(13)14)10-7-9(15-2)4-5-11(10)16-3/h4-5,7-8H,6H2,1-3H3. The van der Waals surface area contributed by atoms with Gasteiger partial charge in [0.2, 0.25) is 5.24 Å². The van der Waals surface area contributed by atoms with Crippen molar-refractivity contribution in [1.82, 2.24) is 0 Å². The van der Waals surface area contributed by atoms with E-state index in [4.69, 9.17) is 21.1 Å². The first-order valence-corrected chi connectivity index (χ1v) is 5.36. The maximum atomic E-state index is 10.9. The van der Waals surface area contributed by atoms with Gasteiger partial charge in [-0.3, -0.25) is 4.79 Å². The Labute approximate surface area is 100 Å². The zero-order valence-corrected chi connectivity index (χ0v) is 10.4. The lowest BCUT2D eigenvalue weighted by Crippen LogP contribution is -2.02. The molecule has 1 aromatic rings. The number of hydrogen-bond acceptors (Lipinski definition) is 3. The molecule has 0 amide bonds. The van der Waals surface area contributed by atoms with Crippen LogP contribution in [0.15, 0.2) is 18.2 Å². The van der Waals surface area contributed by atoms with Crippen LogP contribution < -0.4 is 9.47 Å². The summed E-state index contributed by atoms with van der Waals surface area (Å²) in [5.74, 6) is 1.49. The number of hydrogen-bond donors (Lipinski definition) is 0. The average molecular weight is 243 g/mol. The number of halogens is 1. The smallest absolute Gasteiger partial charge is 0.222 e. The van der Waals surface area contributed by atoms with E-state index in [-0.39, 0.29) is 17.6 Å². The minimum atomic E-state index is -0.350. The third-order valence-electron chi connectivity index (χ3n) is 2.43. The molecule has 0 N–H and O–H groups in total. The summed E-state index contributed by atoms with van der Waals surface area (Å²) in [5, 5.41) is -0.350. The first kappa shape index (κ1) is 12.8. The molecular weight excluding hydrogens is 228 g/mol. The summed E-state index contributed by atoms with van der Waals surface area (Å²) in [6.45, 7) is 1.93. The fraction of sp³-hybridized carbons (Fsp3) is 0.417. The van der Waals surface area contributed by atoms with Crippen LogP contribution in [-0.4, -0.2) is 19.5 Å². The van der Waals surface area contributed by atoms with Crippen molar-refractivity contribution in [2.45, 2.75) is 19.3 Å². The van der Waals surface area contributed by atoms with E-state index >= 15 is 0 Å². The van der Waals surface area contributed by atoms with Crippen molar-refractivity contribution in [1.29, 1.82) is 0 Å². The second kappa shape index (κ2) is 5.75. The van der Waals surface area contributed by atoms with Gasteiger partial charge in [0, 0.05) is 12.0 Å². The van der Waals surface area contributed by atoms with Gasteiger partial charge in [-0.2, -0.15) is 0 Å². The third-order valence-corrected chi connectivity index (χ3v) is 2.59. The van der Waals surface area contributed by atoms with Crippen LogP contribution in [0.4, 0.5) is 0 Å². The van der Waals surface area contributed by atoms with Crippen molar-refractivity contribution in [2.75, 3.05) is 14.2 Å². The molecule has 0 spiro atoms. The van der Waals surface area contributed by atoms with Crippen LogP contribution >= 0.6 is 11.6 Å². The molecule has 1 unspecified atom stereocenters. The zero-order valence-electron chi connectivity index (χ0n) is 9.62. The quantitative estimate of drug-likeness (QED) is 0.745. The molecule has 0 radical (unpaired) electrons. The Morgan fingerprint density at radius 2 is 2.06 bits per heavy atom. The molecule has 3 nitrogen and oxygen atoms in total. The van der Waals surface area contributed by atoms with E-state index in [9.17, 15) is 4.79 Å². The monoisotopic (exact) mass is 242 g/mol. The molecule has 1 rings (SSSR count). The van der Waals surface area contributed by atoms with Crippen molar-refractivity contribution >= 4 is 16.8 Å². The van der Waals surface area contributed by atoms with E-state index in [1.165, 1.54) is 0 Å². The van der Waals surface area contributed by atoms with Crippen LogP contribution in [0.1, 0.15) is 24.8 Å². The predicted molar refractivity (Wildman–Crippen MR) is 63.4 cm³/mol. The van der Waals surface area contributed by atoms with E-state index in [0.29, 0.717) is 0 Å². The molecule has 4 heteroatoms. The van der Waals surface area contributed by atoms with Gasteiger partial charge in [-0.1, -0.05) is 6.92 Å². The first-order chi connectivity index (χ1) is 7.58. The van der Waals surface area contributed by atoms with Crippen molar-refractivity contribution in [3.05, 3.63) is 23.8 Å². The number of methoxy groups -OCH3 is 2. The minimum Gasteiger partial charge on any atom is -0.497 e. The first-order valence-electron chi connectivity index (χ1n) is 4.98. The molecule has 1 atom stereocenters. The van der Waals surface area contributed by atoms with Gasteiger partial charge in [0.25, 0.3) is 0 Å². The van der Waals surface area contributed by atoms with Crippen LogP contribution in [0.25, 0.3) is 0 Å². The number of ether oxygens (including phenoxy) is 2. The molecular formula is C12H15ClO3. The number of rotatable bonds is 5. The van der Waals surface area contributed by atoms with Gasteiger partial charge in [0.15, 0.2) is 0 Å². The van der Waals surface area contributed by atoms with Crippen molar-refractivity contribution in [3.8, 4) is 11.5 Å². The molecule has 0 fully saturated rings. The summed E-state index contributed by atoms with van der Waals surface area (Å²) in [6.07, 6.45) is 0.283. The van der Waals surface area contributed by atoms with Crippen LogP contribution in [0, 0.1) is 0 Å². The van der Waals surface area contributed by atoms with Crippen LogP contribution in [0.2, 0.25) is 0 Å². The van der Waals surface area contributed by atoms with Crippen LogP contribution in [-0.2, 0) is 4.79 Å². The Morgan fingerprint density at radius 1 is 1.38 bits per heavy atom. The largest absolute Gasteiger partial charge is 0.497 e. The average Bonchev–Trinajstić information content (AvgIpc) is 2.27. The Balaban J connectivity index is 3.02. The molecule has 0 aliphatic heterocycles. The Hall–Kier alpha value is -1.22. The second-order valence-corrected chi connectivity index (χ2v) is 3.99. The highest BCUT2D eigenvalue weighted by atomic mass is 35.5. The fourth-order valence-electron chi connectivity index (χ4n) is 1.58. The molecule has 16 heavy (non-hydrogen) atoms. The van der Waals surface area contributed by atoms with Gasteiger partial charge in [0.05, 0.1) is 14.2 Å². The molecule has 0 heterocycles. The van der Waals surface area contributed by atoms with Gasteiger partial charge in [0.1, 0.15) is 11.5 Å². The van der Waals surface area contributed by atoms with Crippen LogP contribution in [0.5, 0.6) is 11.5 Å². The van der Waals surface area contributed by atoms with E-state index < -0.39 is 0 Å². The van der Waals surface area contributed by atoms with Gasteiger partial charge >= 0.3 is 0 Å². The molecule has 0 saturated heterocycles. The maximum Gasteiger partial charge on any atom is 0.222 e. The normalized spacial score (nSPS) is 12.0. The molecule has 0 aliphatic rings. The number of carbonyl (C=O) groups excluding carboxylic acids is 1. The highest BCUT2D eigenvalue weighted by Gasteiger charge is 2.15. The Bertz CT molecular complexity index is 377. The van der Waals surface area contributed by atoms with Gasteiger partial charge < -0.3 is 9.47 Å². The number of carbonyl (C=O) groups is 1. The van der Waals surface area contributed by atoms with Gasteiger partial charge in [-0.25, -0.2) is 0 Å². The molecule has 0 aliphatic carbocycles. The molecule has 0 bridgehead atoms. The zero-order chi connectivity index (χ0) is 12.1. The van der Waals surface area contributed by atoms with E-state index in [1.54, 1.807) is 14.2 Å². The van der Waals surface area contributed by atoms with E-state index in [0.717, 1.165) is 17.1 Å². The summed E-state index contributed by atoms with van der Waals surface area (Å²) in [7, 11) is 3.20. The van der Waals surface area contributed by atoms with Gasteiger partial charge in [-0.15, -0.1) is 0 Å². The lowest BCUT2D eigenvalue weighted by molar-refractivity contribution is -0.111. The van der Waals surface area contributed by atoms with Crippen LogP contribution in [0.3, 0.4) is 0 Å². The maximum absolute atomic E-state index is 10.9. The lowest BCUT2D eigenvalue weighted by atomic mass is 9.97. The highest BCUT2D eigenvalue weighted by molar-refractivity contribution is 6.63. The SMILES string of the molecule is COc1ccc(OC)c(C(C)CC(=O)Cl)c1. The summed E-state index contributed by atoms with van der Waals surface area (Å²) in [5.41, 5.74) is 0.927. The second-order valence-electron chi connectivity index (χ2n) is 3.57. The van der Waals surface area contributed by atoms with Crippen molar-refractivity contribution in [3.63, 3.8) is 0 Å². The summed E-state index contributed by atoms with van der Waals surface area (Å²) < 4.78 is 10.4. The van der Waals surface area contributed by atoms with E-state index in [1.807, 2.05) is 25.1 Å². The molecule has 88 valence electrons. The van der Waals surface area contributed by atoms with Crippen molar-refractivity contribution in [2.24, 2.45) is 0 Å². The Morgan fingerprint density at radius 3 is 2.56 bits per heavy atom. The summed E-state index contributed by atoms with van der Waals surface area (Å²) >= 11 is 5.38. The third kappa shape index (κ3) is 3.14. The summed E-state index contributed by atoms with van der Waals surface area (Å²) in [6, 6.07) is 5.50. The predicted octanol–water partition coefficient (Wildman–Crippen LogP) is 2.96. The minimum absolute atomic E-state index is 0.00931. The molecule has 0 saturated carbocycles.